The number of benzene rings is 4. The van der Waals surface area contributed by atoms with E-state index in [2.05, 4.69) is 4.98 Å². The fourth-order valence-corrected chi connectivity index (χ4v) is 6.76. The molecule has 0 bridgehead atoms. The van der Waals surface area contributed by atoms with Crippen molar-refractivity contribution in [3.05, 3.63) is 135 Å². The average molecular weight is 575 g/mol. The third-order valence-corrected chi connectivity index (χ3v) is 8.60. The van der Waals surface area contributed by atoms with Gasteiger partial charge in [0.15, 0.2) is 11.2 Å². The lowest BCUT2D eigenvalue weighted by Gasteiger charge is -2.40. The normalized spacial score (nSPS) is 21.4. The first-order valence-electron chi connectivity index (χ1n) is 13.9. The molecule has 5 aromatic rings. The summed E-state index contributed by atoms with van der Waals surface area (Å²) < 4.78 is 23.9. The Hall–Kier alpha value is -5.08. The van der Waals surface area contributed by atoms with Crippen LogP contribution in [-0.2, 0) is 11.2 Å². The third kappa shape index (κ3) is 3.66. The maximum absolute atomic E-state index is 14.3. The van der Waals surface area contributed by atoms with E-state index in [9.17, 15) is 9.90 Å². The molecular weight excluding hydrogens is 544 g/mol. The van der Waals surface area contributed by atoms with Crippen LogP contribution in [0.4, 0.5) is 0 Å². The number of nitrogens with zero attached hydrogens (tertiary/aromatic N) is 1. The van der Waals surface area contributed by atoms with Gasteiger partial charge in [0.25, 0.3) is 5.56 Å². The van der Waals surface area contributed by atoms with E-state index in [0.717, 1.165) is 16.7 Å². The maximum Gasteiger partial charge on any atom is 0.255 e. The summed E-state index contributed by atoms with van der Waals surface area (Å²) in [5.41, 5.74) is 0.210. The van der Waals surface area contributed by atoms with Gasteiger partial charge in [-0.3, -0.25) is 4.79 Å². The molecule has 1 aliphatic carbocycles. The fraction of sp³-hybridized carbons (Fsp3) is 0.200. The fourth-order valence-electron chi connectivity index (χ4n) is 6.76. The first-order chi connectivity index (χ1) is 20.8. The molecule has 0 radical (unpaired) electrons. The molecule has 216 valence electrons. The summed E-state index contributed by atoms with van der Waals surface area (Å²) in [5, 5.41) is 13.4. The molecule has 8 nitrogen and oxygen atoms in total. The summed E-state index contributed by atoms with van der Waals surface area (Å²) >= 11 is 0. The Labute approximate surface area is 248 Å². The Morgan fingerprint density at radius 1 is 0.860 bits per heavy atom. The number of hydrogen-bond donors (Lipinski definition) is 2. The van der Waals surface area contributed by atoms with Crippen molar-refractivity contribution in [1.29, 1.82) is 0 Å². The molecule has 4 aromatic carbocycles. The molecule has 0 saturated heterocycles. The molecule has 1 aromatic heterocycles. The summed E-state index contributed by atoms with van der Waals surface area (Å²) in [7, 11) is 4.68. The summed E-state index contributed by atoms with van der Waals surface area (Å²) in [6.07, 6.45) is 0. The molecule has 7 rings (SSSR count). The van der Waals surface area contributed by atoms with Crippen molar-refractivity contribution in [3.63, 3.8) is 0 Å². The van der Waals surface area contributed by atoms with Crippen molar-refractivity contribution in [3.8, 4) is 34.4 Å². The van der Waals surface area contributed by atoms with E-state index in [1.165, 1.54) is 7.11 Å². The van der Waals surface area contributed by atoms with Crippen LogP contribution in [0.5, 0.6) is 23.0 Å². The van der Waals surface area contributed by atoms with Gasteiger partial charge < -0.3 is 29.0 Å². The van der Waals surface area contributed by atoms with Crippen LogP contribution in [-0.4, -0.2) is 36.4 Å². The van der Waals surface area contributed by atoms with Crippen molar-refractivity contribution in [2.24, 2.45) is 0 Å². The second-order valence-corrected chi connectivity index (χ2v) is 10.9. The lowest BCUT2D eigenvalue weighted by Crippen LogP contribution is -2.49. The molecule has 0 saturated carbocycles. The van der Waals surface area contributed by atoms with Crippen molar-refractivity contribution in [1.82, 2.24) is 9.97 Å². The van der Waals surface area contributed by atoms with Gasteiger partial charge in [0, 0.05) is 23.3 Å². The Balaban J connectivity index is 1.63. The molecule has 0 unspecified atom stereocenters. The second-order valence-electron chi connectivity index (χ2n) is 10.9. The monoisotopic (exact) mass is 574 g/mol. The van der Waals surface area contributed by atoms with Crippen LogP contribution >= 0.6 is 0 Å². The number of aromatic amines is 1. The minimum Gasteiger partial charge on any atom is -0.497 e. The van der Waals surface area contributed by atoms with Crippen molar-refractivity contribution >= 4 is 0 Å². The average Bonchev–Trinajstić information content (AvgIpc) is 3.43. The Morgan fingerprint density at radius 3 is 2.28 bits per heavy atom. The topological polar surface area (TPSA) is 103 Å². The van der Waals surface area contributed by atoms with Gasteiger partial charge in [0.05, 0.1) is 44.1 Å². The van der Waals surface area contributed by atoms with Gasteiger partial charge in [-0.05, 0) is 30.7 Å². The number of H-pyrrole nitrogens is 1. The molecule has 1 aliphatic heterocycles. The van der Waals surface area contributed by atoms with Gasteiger partial charge in [-0.15, -0.1) is 0 Å². The molecule has 2 heterocycles. The number of aliphatic hydroxyl groups is 1. The molecule has 0 fully saturated rings. The number of ether oxygens (including phenoxy) is 4. The van der Waals surface area contributed by atoms with Crippen molar-refractivity contribution in [2.45, 2.75) is 24.0 Å². The number of aryl methyl sites for hydroxylation is 1. The Bertz CT molecular complexity index is 1920. The predicted octanol–water partition coefficient (Wildman–Crippen LogP) is 5.44. The van der Waals surface area contributed by atoms with Gasteiger partial charge in [0.2, 0.25) is 0 Å². The van der Waals surface area contributed by atoms with Gasteiger partial charge in [-0.1, -0.05) is 66.2 Å². The van der Waals surface area contributed by atoms with Crippen LogP contribution in [0.25, 0.3) is 11.4 Å². The molecule has 0 amide bonds. The summed E-state index contributed by atoms with van der Waals surface area (Å²) in [6.45, 7) is 1.97. The zero-order chi connectivity index (χ0) is 29.9. The Morgan fingerprint density at radius 2 is 1.60 bits per heavy atom. The number of rotatable bonds is 6. The van der Waals surface area contributed by atoms with Crippen molar-refractivity contribution < 1.29 is 24.1 Å². The van der Waals surface area contributed by atoms with E-state index in [1.807, 2.05) is 85.8 Å². The van der Waals surface area contributed by atoms with E-state index in [0.29, 0.717) is 45.5 Å². The quantitative estimate of drug-likeness (QED) is 0.278. The summed E-state index contributed by atoms with van der Waals surface area (Å²) in [6, 6.07) is 28.1. The van der Waals surface area contributed by atoms with Crippen LogP contribution in [0.1, 0.15) is 39.4 Å². The van der Waals surface area contributed by atoms with E-state index in [-0.39, 0.29) is 11.3 Å². The zero-order valence-electron chi connectivity index (χ0n) is 24.2. The number of nitrogens with one attached hydrogen (secondary N) is 1. The maximum atomic E-state index is 14.3. The minimum absolute atomic E-state index is 0.208. The number of aromatic nitrogens is 2. The zero-order valence-corrected chi connectivity index (χ0v) is 24.2. The first-order valence-corrected chi connectivity index (χ1v) is 13.9. The lowest BCUT2D eigenvalue weighted by atomic mass is 9.70. The molecule has 43 heavy (non-hydrogen) atoms. The first kappa shape index (κ1) is 26.8. The lowest BCUT2D eigenvalue weighted by molar-refractivity contribution is -0.0909. The van der Waals surface area contributed by atoms with E-state index >= 15 is 0 Å². The van der Waals surface area contributed by atoms with E-state index in [4.69, 9.17) is 23.9 Å². The SMILES string of the molecule is COc1ccc([C@@]23Oc4cc(OC)cc(OC)c4[C@]2(O)c2nc(-c4cccc(C)c4)[nH]c(=O)c2[C@H]3c2ccccc2)cc1. The van der Waals surface area contributed by atoms with Gasteiger partial charge in [-0.2, -0.15) is 0 Å². The smallest absolute Gasteiger partial charge is 0.255 e. The third-order valence-electron chi connectivity index (χ3n) is 8.60. The van der Waals surface area contributed by atoms with E-state index in [1.54, 1.807) is 26.4 Å². The van der Waals surface area contributed by atoms with Crippen LogP contribution in [0, 0.1) is 6.92 Å². The second kappa shape index (κ2) is 9.74. The summed E-state index contributed by atoms with van der Waals surface area (Å²) in [4.78, 5) is 22.3. The van der Waals surface area contributed by atoms with Gasteiger partial charge in [-0.25, -0.2) is 4.98 Å². The van der Waals surface area contributed by atoms with Crippen LogP contribution < -0.4 is 24.5 Å². The minimum atomic E-state index is -1.95. The number of hydrogen-bond acceptors (Lipinski definition) is 7. The molecule has 3 atom stereocenters. The highest BCUT2D eigenvalue weighted by Crippen LogP contribution is 2.69. The summed E-state index contributed by atoms with van der Waals surface area (Å²) in [5.74, 6) is 1.46. The highest BCUT2D eigenvalue weighted by Gasteiger charge is 2.73. The van der Waals surface area contributed by atoms with Gasteiger partial charge in [0.1, 0.15) is 28.8 Å². The largest absolute Gasteiger partial charge is 0.497 e. The highest BCUT2D eigenvalue weighted by molar-refractivity contribution is 5.70. The van der Waals surface area contributed by atoms with Crippen LogP contribution in [0.15, 0.2) is 95.8 Å². The van der Waals surface area contributed by atoms with Crippen molar-refractivity contribution in [2.75, 3.05) is 21.3 Å². The number of fused-ring (bicyclic) bond motifs is 5. The van der Waals surface area contributed by atoms with Crippen LogP contribution in [0.2, 0.25) is 0 Å². The van der Waals surface area contributed by atoms with Crippen LogP contribution in [0.3, 0.4) is 0 Å². The van der Waals surface area contributed by atoms with E-state index < -0.39 is 17.1 Å². The number of methoxy groups -OCH3 is 3. The molecule has 0 spiro atoms. The standard InChI is InChI=1S/C35H30N2O6/c1-20-9-8-12-22(17-20)32-36-31-28(33(38)37-32)29(21-10-6-5-7-11-21)35(23-13-15-24(40-2)16-14-23)34(31,39)30-26(42-4)18-25(41-3)19-27(30)43-35/h5-19,29,39H,1-4H3,(H,36,37,38)/t29-,34+,35+/m1/s1. The Kier molecular flexibility index (Phi) is 6.07. The molecule has 2 N–H and O–H groups in total. The molecule has 8 heteroatoms. The molecule has 2 aliphatic rings. The highest BCUT2D eigenvalue weighted by atomic mass is 16.5. The predicted molar refractivity (Wildman–Crippen MR) is 161 cm³/mol. The molecular formula is C35H30N2O6. The van der Waals surface area contributed by atoms with Gasteiger partial charge >= 0.3 is 0 Å².